The normalized spacial score (nSPS) is 19.4. The SMILES string of the molecule is COc1cc(C=CC(=O)O[C@@H]2[C@@H](O)[C@@H](OC(=O)C=Cc3ccc(O)c(OC)c3)[C@H](Oc3c(-c4ccc(O)cc4)oc4cc(O)cc(O)c4c3=O)O[C@@H]2C)ccc1O. The van der Waals surface area contributed by atoms with Gasteiger partial charge in [-0.05, 0) is 78.7 Å². The molecule has 5 aromatic rings. The molecule has 1 saturated heterocycles. The fourth-order valence-electron chi connectivity index (χ4n) is 5.94. The van der Waals surface area contributed by atoms with Gasteiger partial charge in [0, 0.05) is 29.8 Å². The largest absolute Gasteiger partial charge is 0.508 e. The van der Waals surface area contributed by atoms with E-state index in [1.54, 1.807) is 0 Å². The van der Waals surface area contributed by atoms with Gasteiger partial charge in [-0.1, -0.05) is 12.1 Å². The molecule has 1 fully saturated rings. The molecule has 0 saturated carbocycles. The van der Waals surface area contributed by atoms with Crippen LogP contribution in [-0.4, -0.2) is 87.5 Å². The number of aliphatic hydroxyl groups is 1. The molecule has 0 radical (unpaired) electrons. The second-order valence-electron chi connectivity index (χ2n) is 12.6. The molecule has 0 spiro atoms. The maximum atomic E-state index is 14.0. The molecule has 4 aromatic carbocycles. The standard InChI is InChI=1S/C41H36O16/c1-20-37(55-32(47)14-6-21-4-12-26(44)29(16-21)51-2)36(50)40(56-33(48)15-7-22-5-13-27(45)30(17-22)52-3)41(53-20)57-39-35(49)34-28(46)18-25(43)19-31(34)54-38(39)23-8-10-24(42)11-9-23/h4-20,36-37,40-46,50H,1-3H3/t20-,36-,37+,40-,41+/m1/s1. The highest BCUT2D eigenvalue weighted by Gasteiger charge is 2.49. The maximum absolute atomic E-state index is 14.0. The van der Waals surface area contributed by atoms with Crippen LogP contribution < -0.4 is 19.6 Å². The number of hydrogen-bond donors (Lipinski definition) is 6. The molecule has 2 heterocycles. The van der Waals surface area contributed by atoms with Crippen molar-refractivity contribution in [1.82, 2.24) is 0 Å². The number of esters is 2. The van der Waals surface area contributed by atoms with E-state index in [0.717, 1.165) is 24.3 Å². The lowest BCUT2D eigenvalue weighted by Crippen LogP contribution is -2.61. The topological polar surface area (TPSA) is 241 Å². The van der Waals surface area contributed by atoms with Crippen LogP contribution >= 0.6 is 0 Å². The summed E-state index contributed by atoms with van der Waals surface area (Å²) < 4.78 is 39.5. The molecule has 57 heavy (non-hydrogen) atoms. The summed E-state index contributed by atoms with van der Waals surface area (Å²) in [7, 11) is 2.71. The predicted molar refractivity (Wildman–Crippen MR) is 201 cm³/mol. The van der Waals surface area contributed by atoms with Crippen molar-refractivity contribution in [2.45, 2.75) is 37.6 Å². The van der Waals surface area contributed by atoms with Crippen LogP contribution in [0.4, 0.5) is 0 Å². The monoisotopic (exact) mass is 784 g/mol. The summed E-state index contributed by atoms with van der Waals surface area (Å²) in [4.78, 5) is 40.4. The Kier molecular flexibility index (Phi) is 11.6. The zero-order chi connectivity index (χ0) is 41.0. The van der Waals surface area contributed by atoms with Crippen LogP contribution in [0.15, 0.2) is 94.2 Å². The number of rotatable bonds is 11. The summed E-state index contributed by atoms with van der Waals surface area (Å²) in [6.45, 7) is 1.43. The van der Waals surface area contributed by atoms with Gasteiger partial charge < -0.3 is 63.5 Å². The smallest absolute Gasteiger partial charge is 0.331 e. The first-order valence-electron chi connectivity index (χ1n) is 17.1. The number of ether oxygens (including phenoxy) is 6. The molecule has 16 nitrogen and oxygen atoms in total. The van der Waals surface area contributed by atoms with E-state index in [1.807, 2.05) is 0 Å². The third kappa shape index (κ3) is 8.72. The highest BCUT2D eigenvalue weighted by atomic mass is 16.7. The molecule has 16 heteroatoms. The van der Waals surface area contributed by atoms with Crippen LogP contribution in [0.2, 0.25) is 0 Å². The number of phenols is 5. The van der Waals surface area contributed by atoms with Gasteiger partial charge in [0.25, 0.3) is 0 Å². The molecule has 0 bridgehead atoms. The van der Waals surface area contributed by atoms with E-state index >= 15 is 0 Å². The summed E-state index contributed by atoms with van der Waals surface area (Å²) in [5.41, 5.74) is -0.0894. The van der Waals surface area contributed by atoms with Crippen molar-refractivity contribution in [3.05, 3.63) is 106 Å². The Balaban J connectivity index is 1.35. The first kappa shape index (κ1) is 39.5. The molecule has 6 rings (SSSR count). The van der Waals surface area contributed by atoms with Crippen LogP contribution in [0.1, 0.15) is 18.1 Å². The Morgan fingerprint density at radius 2 is 1.26 bits per heavy atom. The third-order valence-electron chi connectivity index (χ3n) is 8.77. The van der Waals surface area contributed by atoms with Crippen molar-refractivity contribution in [2.75, 3.05) is 14.2 Å². The number of carbonyl (C=O) groups is 2. The van der Waals surface area contributed by atoms with E-state index in [4.69, 9.17) is 32.8 Å². The van der Waals surface area contributed by atoms with Gasteiger partial charge >= 0.3 is 11.9 Å². The highest BCUT2D eigenvalue weighted by molar-refractivity contribution is 5.89. The lowest BCUT2D eigenvalue weighted by molar-refractivity contribution is -0.275. The fourth-order valence-corrected chi connectivity index (χ4v) is 5.94. The second-order valence-corrected chi connectivity index (χ2v) is 12.6. The lowest BCUT2D eigenvalue weighted by atomic mass is 9.99. The summed E-state index contributed by atoms with van der Waals surface area (Å²) in [5, 5.41) is 61.8. The summed E-state index contributed by atoms with van der Waals surface area (Å²) >= 11 is 0. The van der Waals surface area contributed by atoms with Gasteiger partial charge in [-0.25, -0.2) is 9.59 Å². The molecule has 1 aliphatic rings. The first-order chi connectivity index (χ1) is 27.3. The van der Waals surface area contributed by atoms with Gasteiger partial charge in [0.1, 0.15) is 34.3 Å². The molecule has 0 aliphatic carbocycles. The van der Waals surface area contributed by atoms with Gasteiger partial charge in [0.05, 0.1) is 20.3 Å². The molecule has 296 valence electrons. The minimum atomic E-state index is -1.84. The summed E-state index contributed by atoms with van der Waals surface area (Å²) in [6.07, 6.45) is -3.31. The molecule has 5 atom stereocenters. The molecule has 1 aliphatic heterocycles. The van der Waals surface area contributed by atoms with Crippen LogP contribution in [0.3, 0.4) is 0 Å². The Hall–Kier alpha value is -7.17. The lowest BCUT2D eigenvalue weighted by Gasteiger charge is -2.41. The Bertz CT molecular complexity index is 2420. The van der Waals surface area contributed by atoms with Gasteiger partial charge in [-0.15, -0.1) is 0 Å². The molecule has 6 N–H and O–H groups in total. The Morgan fingerprint density at radius 3 is 1.82 bits per heavy atom. The van der Waals surface area contributed by atoms with Crippen molar-refractivity contribution in [3.8, 4) is 57.3 Å². The van der Waals surface area contributed by atoms with Gasteiger partial charge in [0.2, 0.25) is 17.5 Å². The Labute approximate surface area is 323 Å². The first-order valence-corrected chi connectivity index (χ1v) is 17.1. The quantitative estimate of drug-likeness (QED) is 0.0783. The number of fused-ring (bicyclic) bond motifs is 1. The number of phenolic OH excluding ortho intramolecular Hbond substituents is 5. The van der Waals surface area contributed by atoms with Gasteiger partial charge in [0.15, 0.2) is 41.0 Å². The zero-order valence-electron chi connectivity index (χ0n) is 30.4. The van der Waals surface area contributed by atoms with E-state index in [9.17, 15) is 45.0 Å². The van der Waals surface area contributed by atoms with E-state index in [2.05, 4.69) is 0 Å². The average Bonchev–Trinajstić information content (AvgIpc) is 3.18. The predicted octanol–water partition coefficient (Wildman–Crippen LogP) is 4.74. The van der Waals surface area contributed by atoms with Crippen molar-refractivity contribution >= 4 is 35.1 Å². The molecular formula is C41H36O16. The third-order valence-corrected chi connectivity index (χ3v) is 8.77. The Morgan fingerprint density at radius 1 is 0.702 bits per heavy atom. The number of aliphatic hydroxyl groups excluding tert-OH is 1. The molecule has 1 aromatic heterocycles. The fraction of sp³-hybridized carbons (Fsp3) is 0.195. The minimum Gasteiger partial charge on any atom is -0.508 e. The summed E-state index contributed by atoms with van der Waals surface area (Å²) in [5.74, 6) is -3.94. The zero-order valence-corrected chi connectivity index (χ0v) is 30.4. The van der Waals surface area contributed by atoms with Crippen molar-refractivity contribution < 1.29 is 73.1 Å². The number of carbonyl (C=O) groups excluding carboxylic acids is 2. The molecule has 0 unspecified atom stereocenters. The highest BCUT2D eigenvalue weighted by Crippen LogP contribution is 2.38. The van der Waals surface area contributed by atoms with Crippen molar-refractivity contribution in [2.24, 2.45) is 0 Å². The number of benzene rings is 4. The number of methoxy groups -OCH3 is 2. The number of aromatic hydroxyl groups is 5. The van der Waals surface area contributed by atoms with E-state index in [-0.39, 0.29) is 51.0 Å². The molecular weight excluding hydrogens is 748 g/mol. The average molecular weight is 785 g/mol. The van der Waals surface area contributed by atoms with E-state index in [0.29, 0.717) is 11.1 Å². The van der Waals surface area contributed by atoms with E-state index < -0.39 is 65.3 Å². The maximum Gasteiger partial charge on any atom is 0.331 e. The van der Waals surface area contributed by atoms with Gasteiger partial charge in [-0.2, -0.15) is 0 Å². The second kappa shape index (κ2) is 16.7. The van der Waals surface area contributed by atoms with Crippen molar-refractivity contribution in [1.29, 1.82) is 0 Å². The van der Waals surface area contributed by atoms with Gasteiger partial charge in [-0.3, -0.25) is 4.79 Å². The van der Waals surface area contributed by atoms with Crippen LogP contribution in [-0.2, 0) is 23.8 Å². The van der Waals surface area contributed by atoms with Crippen LogP contribution in [0.5, 0.6) is 46.0 Å². The van der Waals surface area contributed by atoms with Crippen LogP contribution in [0.25, 0.3) is 34.4 Å². The minimum absolute atomic E-state index is 0.115. The molecule has 0 amide bonds. The summed E-state index contributed by atoms with van der Waals surface area (Å²) in [6, 6.07) is 16.0. The van der Waals surface area contributed by atoms with E-state index in [1.165, 1.54) is 94.0 Å². The van der Waals surface area contributed by atoms with Crippen molar-refractivity contribution in [3.63, 3.8) is 0 Å². The van der Waals surface area contributed by atoms with Crippen LogP contribution in [0, 0.1) is 0 Å². The number of hydrogen-bond acceptors (Lipinski definition) is 16.